The molecule has 7 nitrogen and oxygen atoms in total. The summed E-state index contributed by atoms with van der Waals surface area (Å²) in [6.07, 6.45) is 2.07. The first kappa shape index (κ1) is 16.2. The molecule has 0 bridgehead atoms. The van der Waals surface area contributed by atoms with Crippen molar-refractivity contribution in [1.29, 1.82) is 5.26 Å². The minimum Gasteiger partial charge on any atom is -0.381 e. The van der Waals surface area contributed by atoms with Crippen molar-refractivity contribution in [3.05, 3.63) is 48.0 Å². The van der Waals surface area contributed by atoms with Crippen molar-refractivity contribution in [3.63, 3.8) is 0 Å². The molecule has 1 saturated heterocycles. The fourth-order valence-corrected chi connectivity index (χ4v) is 2.95. The second-order valence-electron chi connectivity index (χ2n) is 6.02. The van der Waals surface area contributed by atoms with E-state index in [2.05, 4.69) is 15.4 Å². The van der Waals surface area contributed by atoms with Crippen molar-refractivity contribution >= 4 is 17.2 Å². The number of fused-ring (bicyclic) bond motifs is 1. The van der Waals surface area contributed by atoms with E-state index in [-0.39, 0.29) is 17.4 Å². The van der Waals surface area contributed by atoms with Crippen molar-refractivity contribution < 1.29 is 13.9 Å². The lowest BCUT2D eigenvalue weighted by molar-refractivity contribution is -0.119. The number of nitrogens with one attached hydrogen (secondary N) is 1. The lowest BCUT2D eigenvalue weighted by Crippen LogP contribution is -2.23. The van der Waals surface area contributed by atoms with Crippen LogP contribution in [-0.2, 0) is 9.53 Å². The number of ether oxygens (including phenoxy) is 1. The van der Waals surface area contributed by atoms with Crippen LogP contribution in [0.2, 0.25) is 0 Å². The van der Waals surface area contributed by atoms with Gasteiger partial charge in [0.1, 0.15) is 18.2 Å². The third kappa shape index (κ3) is 2.89. The Kier molecular flexibility index (Phi) is 4.07. The van der Waals surface area contributed by atoms with E-state index < -0.39 is 5.82 Å². The quantitative estimate of drug-likeness (QED) is 0.782. The summed E-state index contributed by atoms with van der Waals surface area (Å²) in [5.41, 5.74) is 2.11. The first-order valence-electron chi connectivity index (χ1n) is 8.08. The minimum absolute atomic E-state index is 0.0331. The number of halogens is 1. The van der Waals surface area contributed by atoms with Crippen molar-refractivity contribution in [3.8, 4) is 17.3 Å². The van der Waals surface area contributed by atoms with E-state index in [1.807, 2.05) is 0 Å². The van der Waals surface area contributed by atoms with Crippen LogP contribution in [0.15, 0.2) is 36.7 Å². The van der Waals surface area contributed by atoms with Gasteiger partial charge in [0.05, 0.1) is 23.8 Å². The van der Waals surface area contributed by atoms with Gasteiger partial charge >= 0.3 is 0 Å². The lowest BCUT2D eigenvalue weighted by Gasteiger charge is -2.12. The number of aromatic nitrogens is 3. The van der Waals surface area contributed by atoms with Gasteiger partial charge in [-0.2, -0.15) is 10.4 Å². The van der Waals surface area contributed by atoms with E-state index in [9.17, 15) is 9.18 Å². The van der Waals surface area contributed by atoms with Crippen LogP contribution < -0.4 is 5.32 Å². The molecular formula is C18H14FN5O2. The predicted molar refractivity (Wildman–Crippen MR) is 90.7 cm³/mol. The third-order valence-electron chi connectivity index (χ3n) is 4.33. The molecule has 1 aromatic carbocycles. The maximum atomic E-state index is 14.0. The zero-order chi connectivity index (χ0) is 18.1. The molecule has 1 amide bonds. The number of amides is 1. The van der Waals surface area contributed by atoms with Gasteiger partial charge in [-0.15, -0.1) is 0 Å². The largest absolute Gasteiger partial charge is 0.381 e. The van der Waals surface area contributed by atoms with Gasteiger partial charge in [-0.3, -0.25) is 4.79 Å². The molecule has 0 saturated carbocycles. The Hall–Kier alpha value is -3.31. The van der Waals surface area contributed by atoms with E-state index in [1.54, 1.807) is 28.8 Å². The van der Waals surface area contributed by atoms with Gasteiger partial charge in [-0.25, -0.2) is 13.9 Å². The van der Waals surface area contributed by atoms with Gasteiger partial charge in [0.15, 0.2) is 5.65 Å². The molecule has 3 heterocycles. The predicted octanol–water partition coefficient (Wildman–Crippen LogP) is 2.38. The van der Waals surface area contributed by atoms with Gasteiger partial charge in [0.2, 0.25) is 5.91 Å². The summed E-state index contributed by atoms with van der Waals surface area (Å²) in [5, 5.41) is 15.9. The maximum absolute atomic E-state index is 14.0. The monoisotopic (exact) mass is 351 g/mol. The number of rotatable bonds is 3. The highest BCUT2D eigenvalue weighted by atomic mass is 19.1. The van der Waals surface area contributed by atoms with Gasteiger partial charge in [-0.05, 0) is 24.6 Å². The summed E-state index contributed by atoms with van der Waals surface area (Å²) in [4.78, 5) is 16.5. The second-order valence-corrected chi connectivity index (χ2v) is 6.02. The van der Waals surface area contributed by atoms with E-state index in [4.69, 9.17) is 10.00 Å². The summed E-state index contributed by atoms with van der Waals surface area (Å²) < 4.78 is 20.8. The molecule has 1 aliphatic heterocycles. The Morgan fingerprint density at radius 2 is 2.27 bits per heavy atom. The summed E-state index contributed by atoms with van der Waals surface area (Å²) in [7, 11) is 0. The molecule has 4 rings (SSSR count). The molecule has 1 atom stereocenters. The first-order valence-corrected chi connectivity index (χ1v) is 8.08. The lowest BCUT2D eigenvalue weighted by atomic mass is 10.1. The van der Waals surface area contributed by atoms with Crippen LogP contribution in [0.4, 0.5) is 10.1 Å². The van der Waals surface area contributed by atoms with Gasteiger partial charge in [0.25, 0.3) is 0 Å². The van der Waals surface area contributed by atoms with Crippen molar-refractivity contribution in [2.45, 2.75) is 6.42 Å². The molecule has 1 aliphatic rings. The van der Waals surface area contributed by atoms with Crippen LogP contribution in [0, 0.1) is 23.1 Å². The molecule has 0 spiro atoms. The minimum atomic E-state index is -0.615. The molecule has 26 heavy (non-hydrogen) atoms. The number of carbonyl (C=O) groups excluding carboxylic acids is 1. The van der Waals surface area contributed by atoms with E-state index in [1.165, 1.54) is 18.5 Å². The highest BCUT2D eigenvalue weighted by Crippen LogP contribution is 2.26. The van der Waals surface area contributed by atoms with Gasteiger partial charge in [-0.1, -0.05) is 6.07 Å². The highest BCUT2D eigenvalue weighted by molar-refractivity contribution is 5.94. The maximum Gasteiger partial charge on any atom is 0.229 e. The van der Waals surface area contributed by atoms with Gasteiger partial charge < -0.3 is 10.1 Å². The Balaban J connectivity index is 1.74. The Morgan fingerprint density at radius 1 is 1.38 bits per heavy atom. The third-order valence-corrected chi connectivity index (χ3v) is 4.33. The molecule has 3 aromatic rings. The van der Waals surface area contributed by atoms with Crippen molar-refractivity contribution in [2.75, 3.05) is 18.5 Å². The molecule has 1 fully saturated rings. The van der Waals surface area contributed by atoms with E-state index in [0.29, 0.717) is 42.2 Å². The number of pyridine rings is 1. The SMILES string of the molecule is N#Cc1ccc(-c2cc(NC(=O)C3CCOC3)cc3ncnn23)cc1F. The normalized spacial score (nSPS) is 16.5. The van der Waals surface area contributed by atoms with E-state index >= 15 is 0 Å². The first-order chi connectivity index (χ1) is 12.7. The molecule has 2 aromatic heterocycles. The summed E-state index contributed by atoms with van der Waals surface area (Å²) >= 11 is 0. The molecule has 8 heteroatoms. The number of anilines is 1. The van der Waals surface area contributed by atoms with Crippen LogP contribution >= 0.6 is 0 Å². The Labute approximate surface area is 148 Å². The molecular weight excluding hydrogens is 337 g/mol. The number of nitrogens with zero attached hydrogens (tertiary/aromatic N) is 4. The smallest absolute Gasteiger partial charge is 0.229 e. The van der Waals surface area contributed by atoms with Crippen LogP contribution in [0.1, 0.15) is 12.0 Å². The average molecular weight is 351 g/mol. The molecule has 130 valence electrons. The highest BCUT2D eigenvalue weighted by Gasteiger charge is 2.24. The second kappa shape index (κ2) is 6.54. The molecule has 1 N–H and O–H groups in total. The molecule has 0 aliphatic carbocycles. The number of hydrogen-bond donors (Lipinski definition) is 1. The summed E-state index contributed by atoms with van der Waals surface area (Å²) in [6, 6.07) is 9.51. The summed E-state index contributed by atoms with van der Waals surface area (Å²) in [5.74, 6) is -0.918. The fraction of sp³-hybridized carbons (Fsp3) is 0.222. The van der Waals surface area contributed by atoms with Crippen LogP contribution in [-0.4, -0.2) is 33.7 Å². The zero-order valence-electron chi connectivity index (χ0n) is 13.6. The molecule has 1 unspecified atom stereocenters. The topological polar surface area (TPSA) is 92.3 Å². The van der Waals surface area contributed by atoms with Crippen LogP contribution in [0.5, 0.6) is 0 Å². The number of carbonyl (C=O) groups is 1. The summed E-state index contributed by atoms with van der Waals surface area (Å²) in [6.45, 7) is 0.990. The van der Waals surface area contributed by atoms with E-state index in [0.717, 1.165) is 0 Å². The van der Waals surface area contributed by atoms with Crippen molar-refractivity contribution in [2.24, 2.45) is 5.92 Å². The Morgan fingerprint density at radius 3 is 3.00 bits per heavy atom. The van der Waals surface area contributed by atoms with Gasteiger partial charge in [0, 0.05) is 23.9 Å². The number of nitriles is 1. The average Bonchev–Trinajstić information content (AvgIpc) is 3.32. The standard InChI is InChI=1S/C18H14FN5O2/c19-15-5-11(1-2-12(15)8-20)16-6-14(7-17-21-10-22-24(16)17)23-18(25)13-3-4-26-9-13/h1-2,5-7,10,13H,3-4,9H2,(H,23,25). The van der Waals surface area contributed by atoms with Crippen LogP contribution in [0.3, 0.4) is 0 Å². The van der Waals surface area contributed by atoms with Crippen LogP contribution in [0.25, 0.3) is 16.9 Å². The zero-order valence-corrected chi connectivity index (χ0v) is 13.6. The van der Waals surface area contributed by atoms with Crippen molar-refractivity contribution in [1.82, 2.24) is 14.6 Å². The number of hydrogen-bond acceptors (Lipinski definition) is 5. The number of benzene rings is 1. The molecule has 0 radical (unpaired) electrons. The Bertz CT molecular complexity index is 1030. The fourth-order valence-electron chi connectivity index (χ4n) is 2.95.